The summed E-state index contributed by atoms with van der Waals surface area (Å²) in [6.45, 7) is 2.89. The van der Waals surface area contributed by atoms with Crippen LogP contribution in [0.1, 0.15) is 57.2 Å². The number of halogens is 1. The lowest BCUT2D eigenvalue weighted by atomic mass is 10.1. The molecule has 0 bridgehead atoms. The van der Waals surface area contributed by atoms with E-state index in [0.717, 1.165) is 25.7 Å². The first-order chi connectivity index (χ1) is 10.2. The molecule has 3 rings (SSSR count). The second-order valence-electron chi connectivity index (χ2n) is 6.21. The maximum Gasteiger partial charge on any atom is 0.244 e. The van der Waals surface area contributed by atoms with Crippen LogP contribution < -0.4 is 5.32 Å². The second-order valence-corrected chi connectivity index (χ2v) is 6.21. The third-order valence-corrected chi connectivity index (χ3v) is 4.60. The number of hydrogen-bond acceptors (Lipinski definition) is 2. The van der Waals surface area contributed by atoms with E-state index in [1.165, 1.54) is 18.9 Å². The van der Waals surface area contributed by atoms with E-state index in [4.69, 9.17) is 0 Å². The van der Waals surface area contributed by atoms with Crippen molar-refractivity contribution < 1.29 is 9.18 Å². The van der Waals surface area contributed by atoms with Crippen molar-refractivity contribution in [2.24, 2.45) is 0 Å². The number of carbonyl (C=O) groups is 1. The molecule has 1 amide bonds. The fraction of sp³-hybridized carbons (Fsp3) is 0.588. The fourth-order valence-electron chi connectivity index (χ4n) is 3.16. The standard InChI is InChI=1S/C17H23FN2O/c1-2-3-4-7-12-20-15(13-8-5-6-9-14(13)18)19-17(10-11-17)16(20)21/h5-6,8-9,15,19H,2-4,7,10-12H2,1H3. The minimum absolute atomic E-state index is 0.159. The number of amides is 1. The molecule has 4 heteroatoms. The van der Waals surface area contributed by atoms with Crippen molar-refractivity contribution in [3.63, 3.8) is 0 Å². The van der Waals surface area contributed by atoms with Crippen LogP contribution in [0, 0.1) is 5.82 Å². The van der Waals surface area contributed by atoms with Gasteiger partial charge < -0.3 is 4.90 Å². The van der Waals surface area contributed by atoms with Gasteiger partial charge in [-0.15, -0.1) is 0 Å². The SMILES string of the molecule is CCCCCCN1C(=O)C2(CC2)NC1c1ccccc1F. The summed E-state index contributed by atoms with van der Waals surface area (Å²) in [6.07, 6.45) is 5.92. The van der Waals surface area contributed by atoms with Crippen molar-refractivity contribution in [2.75, 3.05) is 6.54 Å². The Labute approximate surface area is 125 Å². The molecule has 2 fully saturated rings. The van der Waals surface area contributed by atoms with Gasteiger partial charge in [-0.1, -0.05) is 44.4 Å². The second kappa shape index (κ2) is 5.76. The molecule has 1 aliphatic heterocycles. The Morgan fingerprint density at radius 2 is 2.05 bits per heavy atom. The molecule has 1 N–H and O–H groups in total. The summed E-state index contributed by atoms with van der Waals surface area (Å²) in [7, 11) is 0. The van der Waals surface area contributed by atoms with E-state index in [9.17, 15) is 9.18 Å². The van der Waals surface area contributed by atoms with E-state index in [-0.39, 0.29) is 17.9 Å². The number of unbranched alkanes of at least 4 members (excludes halogenated alkanes) is 3. The molecule has 1 aliphatic carbocycles. The highest BCUT2D eigenvalue weighted by molar-refractivity contribution is 5.92. The molecule has 0 radical (unpaired) electrons. The molecule has 0 aromatic heterocycles. The molecular formula is C17H23FN2O. The van der Waals surface area contributed by atoms with Gasteiger partial charge >= 0.3 is 0 Å². The molecule has 1 saturated carbocycles. The minimum Gasteiger partial charge on any atom is -0.321 e. The highest BCUT2D eigenvalue weighted by Crippen LogP contribution is 2.46. The van der Waals surface area contributed by atoms with Gasteiger partial charge in [0.15, 0.2) is 0 Å². The molecule has 1 aromatic carbocycles. The molecule has 1 spiro atoms. The van der Waals surface area contributed by atoms with Crippen molar-refractivity contribution in [2.45, 2.75) is 57.2 Å². The summed E-state index contributed by atoms with van der Waals surface area (Å²) in [5.41, 5.74) is 0.197. The summed E-state index contributed by atoms with van der Waals surface area (Å²) in [5.74, 6) is -0.0775. The normalized spacial score (nSPS) is 23.0. The predicted molar refractivity (Wildman–Crippen MR) is 80.1 cm³/mol. The van der Waals surface area contributed by atoms with Crippen LogP contribution in [0.15, 0.2) is 24.3 Å². The van der Waals surface area contributed by atoms with E-state index in [2.05, 4.69) is 12.2 Å². The maximum atomic E-state index is 14.1. The molecule has 1 unspecified atom stereocenters. The summed E-state index contributed by atoms with van der Waals surface area (Å²) >= 11 is 0. The van der Waals surface area contributed by atoms with Crippen LogP contribution in [0.2, 0.25) is 0 Å². The van der Waals surface area contributed by atoms with E-state index in [0.29, 0.717) is 12.1 Å². The molecule has 21 heavy (non-hydrogen) atoms. The zero-order valence-electron chi connectivity index (χ0n) is 12.6. The highest BCUT2D eigenvalue weighted by atomic mass is 19.1. The Morgan fingerprint density at radius 1 is 1.29 bits per heavy atom. The summed E-state index contributed by atoms with van der Waals surface area (Å²) < 4.78 is 14.1. The lowest BCUT2D eigenvalue weighted by molar-refractivity contribution is -0.130. The van der Waals surface area contributed by atoms with Gasteiger partial charge in [-0.2, -0.15) is 0 Å². The molecular weight excluding hydrogens is 267 g/mol. The minimum atomic E-state index is -0.391. The molecule has 1 aromatic rings. The van der Waals surface area contributed by atoms with Gasteiger partial charge in [-0.25, -0.2) is 4.39 Å². The Kier molecular flexibility index (Phi) is 3.98. The zero-order valence-corrected chi connectivity index (χ0v) is 12.6. The quantitative estimate of drug-likeness (QED) is 0.815. The van der Waals surface area contributed by atoms with Gasteiger partial charge in [0.1, 0.15) is 17.5 Å². The van der Waals surface area contributed by atoms with Gasteiger partial charge in [0.2, 0.25) is 5.91 Å². The molecule has 3 nitrogen and oxygen atoms in total. The summed E-state index contributed by atoms with van der Waals surface area (Å²) in [4.78, 5) is 14.4. The third-order valence-electron chi connectivity index (χ3n) is 4.60. The molecule has 1 saturated heterocycles. The molecule has 114 valence electrons. The zero-order chi connectivity index (χ0) is 14.9. The van der Waals surface area contributed by atoms with E-state index in [1.54, 1.807) is 12.1 Å². The van der Waals surface area contributed by atoms with Crippen molar-refractivity contribution in [1.29, 1.82) is 0 Å². The number of carbonyl (C=O) groups excluding carboxylic acids is 1. The van der Waals surface area contributed by atoms with Crippen LogP contribution >= 0.6 is 0 Å². The predicted octanol–water partition coefficient (Wildman–Crippen LogP) is 3.37. The summed E-state index contributed by atoms with van der Waals surface area (Å²) in [5, 5.41) is 3.38. The maximum absolute atomic E-state index is 14.1. The van der Waals surface area contributed by atoms with Crippen molar-refractivity contribution in [1.82, 2.24) is 10.2 Å². The topological polar surface area (TPSA) is 32.3 Å². The van der Waals surface area contributed by atoms with Crippen LogP contribution in [-0.2, 0) is 4.79 Å². The lowest BCUT2D eigenvalue weighted by Gasteiger charge is -2.24. The fourth-order valence-corrected chi connectivity index (χ4v) is 3.16. The van der Waals surface area contributed by atoms with Crippen molar-refractivity contribution in [3.8, 4) is 0 Å². The lowest BCUT2D eigenvalue weighted by Crippen LogP contribution is -2.33. The summed E-state index contributed by atoms with van der Waals surface area (Å²) in [6, 6.07) is 6.77. The largest absolute Gasteiger partial charge is 0.321 e. The van der Waals surface area contributed by atoms with Crippen LogP contribution in [0.4, 0.5) is 4.39 Å². The van der Waals surface area contributed by atoms with Gasteiger partial charge in [0.25, 0.3) is 0 Å². The van der Waals surface area contributed by atoms with Gasteiger partial charge in [-0.3, -0.25) is 10.1 Å². The van der Waals surface area contributed by atoms with Crippen LogP contribution in [0.5, 0.6) is 0 Å². The number of nitrogens with one attached hydrogen (secondary N) is 1. The molecule has 1 heterocycles. The average Bonchev–Trinajstić information content (AvgIpc) is 3.21. The monoisotopic (exact) mass is 290 g/mol. The highest BCUT2D eigenvalue weighted by Gasteiger charge is 2.59. The van der Waals surface area contributed by atoms with E-state index < -0.39 is 5.54 Å². The average molecular weight is 290 g/mol. The van der Waals surface area contributed by atoms with Crippen molar-refractivity contribution >= 4 is 5.91 Å². The third kappa shape index (κ3) is 2.69. The Hall–Kier alpha value is -1.42. The number of benzene rings is 1. The van der Waals surface area contributed by atoms with Crippen molar-refractivity contribution in [3.05, 3.63) is 35.6 Å². The van der Waals surface area contributed by atoms with Gasteiger partial charge in [0, 0.05) is 12.1 Å². The smallest absolute Gasteiger partial charge is 0.244 e. The molecule has 2 aliphatic rings. The first-order valence-corrected chi connectivity index (χ1v) is 8.01. The van der Waals surface area contributed by atoms with Gasteiger partial charge in [-0.05, 0) is 25.3 Å². The van der Waals surface area contributed by atoms with E-state index >= 15 is 0 Å². The van der Waals surface area contributed by atoms with Crippen LogP contribution in [0.3, 0.4) is 0 Å². The first-order valence-electron chi connectivity index (χ1n) is 8.01. The molecule has 1 atom stereocenters. The Balaban J connectivity index is 1.77. The Bertz CT molecular complexity index is 527. The number of nitrogens with zero attached hydrogens (tertiary/aromatic N) is 1. The first kappa shape index (κ1) is 14.5. The Morgan fingerprint density at radius 3 is 2.71 bits per heavy atom. The van der Waals surface area contributed by atoms with Gasteiger partial charge in [0.05, 0.1) is 0 Å². The van der Waals surface area contributed by atoms with E-state index in [1.807, 2.05) is 11.0 Å². The van der Waals surface area contributed by atoms with Crippen LogP contribution in [-0.4, -0.2) is 22.9 Å². The number of hydrogen-bond donors (Lipinski definition) is 1. The van der Waals surface area contributed by atoms with Crippen LogP contribution in [0.25, 0.3) is 0 Å². The number of rotatable bonds is 6.